The third-order valence-corrected chi connectivity index (χ3v) is 3.61. The smallest absolute Gasteiger partial charge is 0.251 e. The molecule has 28 heavy (non-hydrogen) atoms. The second-order valence-corrected chi connectivity index (χ2v) is 6.30. The number of carbonyl (C=O) groups excluding carboxylic acids is 1. The number of rotatable bonds is 7. The zero-order valence-electron chi connectivity index (χ0n) is 16.2. The Bertz CT molecular complexity index is 810. The van der Waals surface area contributed by atoms with Gasteiger partial charge in [-0.1, -0.05) is 6.07 Å². The number of amides is 1. The molecule has 0 bridgehead atoms. The zero-order valence-corrected chi connectivity index (χ0v) is 18.5. The number of halogens is 2. The molecule has 2 rings (SSSR count). The van der Waals surface area contributed by atoms with Crippen molar-refractivity contribution in [3.8, 4) is 5.75 Å². The summed E-state index contributed by atoms with van der Waals surface area (Å²) in [5.41, 5.74) is 7.39. The Morgan fingerprint density at radius 3 is 2.50 bits per heavy atom. The molecule has 0 aliphatic carbocycles. The fourth-order valence-corrected chi connectivity index (χ4v) is 2.26. The van der Waals surface area contributed by atoms with Crippen molar-refractivity contribution in [2.75, 3.05) is 18.4 Å². The number of anilines is 1. The molecule has 0 fully saturated rings. The van der Waals surface area contributed by atoms with Crippen molar-refractivity contribution in [1.82, 2.24) is 5.32 Å². The summed E-state index contributed by atoms with van der Waals surface area (Å²) in [5, 5.41) is 5.64. The first kappa shape index (κ1) is 23.7. The zero-order chi connectivity index (χ0) is 19.8. The lowest BCUT2D eigenvalue weighted by atomic mass is 10.1. The van der Waals surface area contributed by atoms with Gasteiger partial charge in [-0.25, -0.2) is 4.39 Å². The average molecular weight is 500 g/mol. The van der Waals surface area contributed by atoms with Gasteiger partial charge in [0.1, 0.15) is 11.6 Å². The van der Waals surface area contributed by atoms with Crippen LogP contribution in [0.15, 0.2) is 47.5 Å². The predicted molar refractivity (Wildman–Crippen MR) is 121 cm³/mol. The van der Waals surface area contributed by atoms with Crippen molar-refractivity contribution < 1.29 is 13.9 Å². The lowest BCUT2D eigenvalue weighted by Crippen LogP contribution is -2.28. The minimum absolute atomic E-state index is 0. The van der Waals surface area contributed by atoms with E-state index in [1.54, 1.807) is 19.1 Å². The van der Waals surface area contributed by atoms with Gasteiger partial charge in [-0.05, 0) is 62.7 Å². The molecule has 0 heterocycles. The monoisotopic (exact) mass is 500 g/mol. The number of nitrogens with zero attached hydrogens (tertiary/aromatic N) is 1. The number of aryl methyl sites for hydroxylation is 1. The van der Waals surface area contributed by atoms with E-state index in [1.807, 2.05) is 38.1 Å². The molecule has 0 atom stereocenters. The highest BCUT2D eigenvalue weighted by Crippen LogP contribution is 2.16. The highest BCUT2D eigenvalue weighted by atomic mass is 127. The first-order valence-corrected chi connectivity index (χ1v) is 8.73. The van der Waals surface area contributed by atoms with Crippen LogP contribution >= 0.6 is 24.0 Å². The maximum absolute atomic E-state index is 13.5. The number of nitrogens with one attached hydrogen (secondary N) is 2. The van der Waals surface area contributed by atoms with Gasteiger partial charge in [0.15, 0.2) is 5.96 Å². The quantitative estimate of drug-likeness (QED) is 0.234. The maximum atomic E-state index is 13.5. The lowest BCUT2D eigenvalue weighted by Gasteiger charge is -2.11. The number of carbonyl (C=O) groups is 1. The van der Waals surface area contributed by atoms with Gasteiger partial charge in [-0.2, -0.15) is 0 Å². The van der Waals surface area contributed by atoms with Crippen LogP contribution in [0.1, 0.15) is 29.8 Å². The molecule has 6 nitrogen and oxygen atoms in total. The predicted octanol–water partition coefficient (Wildman–Crippen LogP) is 3.70. The van der Waals surface area contributed by atoms with Gasteiger partial charge in [0.05, 0.1) is 12.6 Å². The van der Waals surface area contributed by atoms with Crippen LogP contribution in [-0.2, 0) is 0 Å². The number of aliphatic imine (C=N–C) groups is 1. The van der Waals surface area contributed by atoms with Crippen LogP contribution in [-0.4, -0.2) is 31.1 Å². The molecule has 0 aromatic heterocycles. The fraction of sp³-hybridized carbons (Fsp3) is 0.300. The lowest BCUT2D eigenvalue weighted by molar-refractivity contribution is 0.0954. The first-order chi connectivity index (χ1) is 12.8. The second-order valence-electron chi connectivity index (χ2n) is 6.30. The summed E-state index contributed by atoms with van der Waals surface area (Å²) in [4.78, 5) is 16.1. The van der Waals surface area contributed by atoms with E-state index in [-0.39, 0.29) is 54.1 Å². The molecule has 0 unspecified atom stereocenters. The molecule has 152 valence electrons. The highest BCUT2D eigenvalue weighted by molar-refractivity contribution is 14.0. The number of benzene rings is 2. The Labute approximate surface area is 181 Å². The third kappa shape index (κ3) is 7.71. The van der Waals surface area contributed by atoms with E-state index in [9.17, 15) is 9.18 Å². The largest absolute Gasteiger partial charge is 0.491 e. The van der Waals surface area contributed by atoms with Crippen LogP contribution in [0.25, 0.3) is 0 Å². The summed E-state index contributed by atoms with van der Waals surface area (Å²) in [6.07, 6.45) is 0.113. The van der Waals surface area contributed by atoms with Crippen molar-refractivity contribution in [2.24, 2.45) is 10.7 Å². The molecule has 0 spiro atoms. The van der Waals surface area contributed by atoms with E-state index in [1.165, 1.54) is 6.07 Å². The van der Waals surface area contributed by atoms with E-state index in [2.05, 4.69) is 15.6 Å². The van der Waals surface area contributed by atoms with Crippen LogP contribution in [0.2, 0.25) is 0 Å². The van der Waals surface area contributed by atoms with Crippen LogP contribution in [0.5, 0.6) is 5.75 Å². The number of hydrogen-bond donors (Lipinski definition) is 3. The topological polar surface area (TPSA) is 88.7 Å². The molecule has 8 heteroatoms. The summed E-state index contributed by atoms with van der Waals surface area (Å²) in [6, 6.07) is 11.7. The molecule has 4 N–H and O–H groups in total. The molecule has 0 saturated carbocycles. The van der Waals surface area contributed by atoms with E-state index >= 15 is 0 Å². The van der Waals surface area contributed by atoms with Gasteiger partial charge in [0.2, 0.25) is 0 Å². The molecule has 0 aliphatic rings. The first-order valence-electron chi connectivity index (χ1n) is 8.73. The van der Waals surface area contributed by atoms with Crippen molar-refractivity contribution in [3.63, 3.8) is 0 Å². The van der Waals surface area contributed by atoms with Gasteiger partial charge in [-0.15, -0.1) is 24.0 Å². The van der Waals surface area contributed by atoms with Crippen LogP contribution in [0, 0.1) is 12.7 Å². The molecular formula is C20H26FIN4O2. The van der Waals surface area contributed by atoms with E-state index < -0.39 is 5.82 Å². The minimum atomic E-state index is -0.404. The fourth-order valence-electron chi connectivity index (χ4n) is 2.26. The molecule has 1 amide bonds. The summed E-state index contributed by atoms with van der Waals surface area (Å²) in [6.45, 7) is 6.16. The average Bonchev–Trinajstić information content (AvgIpc) is 2.62. The van der Waals surface area contributed by atoms with Crippen LogP contribution in [0.4, 0.5) is 10.1 Å². The molecule has 0 radical (unpaired) electrons. The van der Waals surface area contributed by atoms with Crippen molar-refractivity contribution in [3.05, 3.63) is 59.4 Å². The Hall–Kier alpha value is -2.36. The van der Waals surface area contributed by atoms with Crippen molar-refractivity contribution >= 4 is 41.5 Å². The normalized spacial score (nSPS) is 11.0. The van der Waals surface area contributed by atoms with Crippen molar-refractivity contribution in [1.29, 1.82) is 0 Å². The van der Waals surface area contributed by atoms with Crippen LogP contribution < -0.4 is 21.1 Å². The Morgan fingerprint density at radius 2 is 1.89 bits per heavy atom. The van der Waals surface area contributed by atoms with Gasteiger partial charge in [0, 0.05) is 17.8 Å². The molecule has 2 aromatic carbocycles. The third-order valence-electron chi connectivity index (χ3n) is 3.61. The number of ether oxygens (including phenoxy) is 1. The van der Waals surface area contributed by atoms with Gasteiger partial charge < -0.3 is 21.1 Å². The molecule has 0 aliphatic heterocycles. The second kappa shape index (κ2) is 11.5. The van der Waals surface area contributed by atoms with E-state index in [4.69, 9.17) is 10.5 Å². The van der Waals surface area contributed by atoms with Gasteiger partial charge >= 0.3 is 0 Å². The SMILES string of the molecule is Cc1ccc(C(=O)NCCN=C(N)Nc2ccc(OC(C)C)cc2)cc1F.I. The summed E-state index contributed by atoms with van der Waals surface area (Å²) in [5.74, 6) is 0.264. The van der Waals surface area contributed by atoms with Crippen molar-refractivity contribution in [2.45, 2.75) is 26.9 Å². The van der Waals surface area contributed by atoms with E-state index in [0.717, 1.165) is 11.4 Å². The highest BCUT2D eigenvalue weighted by Gasteiger charge is 2.07. The Kier molecular flexibility index (Phi) is 9.70. The van der Waals surface area contributed by atoms with E-state index in [0.29, 0.717) is 12.1 Å². The van der Waals surface area contributed by atoms with Crippen LogP contribution in [0.3, 0.4) is 0 Å². The maximum Gasteiger partial charge on any atom is 0.251 e. The minimum Gasteiger partial charge on any atom is -0.491 e. The number of hydrogen-bond acceptors (Lipinski definition) is 3. The summed E-state index contributed by atoms with van der Waals surface area (Å²) < 4.78 is 19.1. The number of guanidine groups is 1. The molecule has 0 saturated heterocycles. The summed E-state index contributed by atoms with van der Waals surface area (Å²) >= 11 is 0. The standard InChI is InChI=1S/C20H25FN4O2.HI/c1-13(2)27-17-8-6-16(7-9-17)25-20(22)24-11-10-23-19(26)15-5-4-14(3)18(21)12-15;/h4-9,12-13H,10-11H2,1-3H3,(H,23,26)(H3,22,24,25);1H. The van der Waals surface area contributed by atoms with Gasteiger partial charge in [-0.3, -0.25) is 9.79 Å². The van der Waals surface area contributed by atoms with Gasteiger partial charge in [0.25, 0.3) is 5.91 Å². The number of nitrogens with two attached hydrogens (primary N) is 1. The molecule has 2 aromatic rings. The molecular weight excluding hydrogens is 474 g/mol. The summed E-state index contributed by atoms with van der Waals surface area (Å²) in [7, 11) is 0. The Morgan fingerprint density at radius 1 is 1.21 bits per heavy atom. The Balaban J connectivity index is 0.00000392.